The van der Waals surface area contributed by atoms with E-state index in [1.165, 1.54) is 22.8 Å². The summed E-state index contributed by atoms with van der Waals surface area (Å²) in [5.41, 5.74) is 2.07. The molecule has 1 unspecified atom stereocenters. The van der Waals surface area contributed by atoms with Crippen LogP contribution in [-0.4, -0.2) is 40.1 Å². The summed E-state index contributed by atoms with van der Waals surface area (Å²) < 4.78 is 0. The number of thioether (sulfide) groups is 2. The van der Waals surface area contributed by atoms with E-state index in [9.17, 15) is 4.79 Å². The first-order valence-electron chi connectivity index (χ1n) is 6.44. The third-order valence-corrected chi connectivity index (χ3v) is 5.81. The van der Waals surface area contributed by atoms with E-state index >= 15 is 0 Å². The normalized spacial score (nSPS) is 19.3. The molecule has 104 valence electrons. The summed E-state index contributed by atoms with van der Waals surface area (Å²) in [5.74, 6) is 3.01. The predicted molar refractivity (Wildman–Crippen MR) is 83.1 cm³/mol. The monoisotopic (exact) mass is 297 g/mol. The second kappa shape index (κ2) is 7.82. The maximum absolute atomic E-state index is 10.6. The minimum atomic E-state index is -0.780. The number of aliphatic carboxylic acids is 1. The fourth-order valence-corrected chi connectivity index (χ4v) is 4.63. The lowest BCUT2D eigenvalue weighted by Gasteiger charge is -2.21. The Hall–Kier alpha value is -0.650. The van der Waals surface area contributed by atoms with Crippen LogP contribution < -0.4 is 5.32 Å². The number of hydrogen-bond acceptors (Lipinski definition) is 4. The van der Waals surface area contributed by atoms with E-state index in [0.29, 0.717) is 0 Å². The molecule has 0 amide bonds. The highest BCUT2D eigenvalue weighted by Crippen LogP contribution is 2.23. The molecule has 1 heterocycles. The summed E-state index contributed by atoms with van der Waals surface area (Å²) in [6.45, 7) is 1.91. The molecule has 0 bridgehead atoms. The Balaban J connectivity index is 1.71. The van der Waals surface area contributed by atoms with Crippen molar-refractivity contribution in [1.82, 2.24) is 5.32 Å². The molecule has 3 nitrogen and oxygen atoms in total. The quantitative estimate of drug-likeness (QED) is 0.843. The molecule has 1 aliphatic heterocycles. The van der Waals surface area contributed by atoms with Crippen molar-refractivity contribution in [2.75, 3.05) is 23.8 Å². The van der Waals surface area contributed by atoms with Crippen molar-refractivity contribution in [3.05, 3.63) is 35.4 Å². The van der Waals surface area contributed by atoms with Gasteiger partial charge in [0.1, 0.15) is 0 Å². The van der Waals surface area contributed by atoms with E-state index in [-0.39, 0.29) is 6.42 Å². The fourth-order valence-electron chi connectivity index (χ4n) is 1.98. The number of benzene rings is 1. The van der Waals surface area contributed by atoms with Gasteiger partial charge in [-0.2, -0.15) is 23.5 Å². The van der Waals surface area contributed by atoms with Crippen molar-refractivity contribution in [2.24, 2.45) is 0 Å². The molecule has 2 N–H and O–H groups in total. The van der Waals surface area contributed by atoms with Crippen molar-refractivity contribution in [3.8, 4) is 0 Å². The molecule has 0 radical (unpaired) electrons. The number of carboxylic acid groups (broad SMARTS) is 1. The van der Waals surface area contributed by atoms with Crippen LogP contribution in [-0.2, 0) is 17.8 Å². The Labute approximate surface area is 122 Å². The van der Waals surface area contributed by atoms with Gasteiger partial charge in [-0.25, -0.2) is 0 Å². The molecular formula is C14H19NO2S2. The Morgan fingerprint density at radius 1 is 1.26 bits per heavy atom. The molecular weight excluding hydrogens is 278 g/mol. The Bertz CT molecular complexity index is 402. The highest BCUT2D eigenvalue weighted by molar-refractivity contribution is 8.06. The van der Waals surface area contributed by atoms with Crippen molar-refractivity contribution >= 4 is 29.5 Å². The smallest absolute Gasteiger partial charge is 0.307 e. The van der Waals surface area contributed by atoms with Gasteiger partial charge in [-0.15, -0.1) is 0 Å². The number of carbonyl (C=O) groups is 1. The summed E-state index contributed by atoms with van der Waals surface area (Å²) in [6, 6.07) is 7.81. The largest absolute Gasteiger partial charge is 0.481 e. The highest BCUT2D eigenvalue weighted by Gasteiger charge is 2.13. The van der Waals surface area contributed by atoms with Crippen LogP contribution >= 0.6 is 23.5 Å². The Morgan fingerprint density at radius 2 is 2.00 bits per heavy atom. The average Bonchev–Trinajstić information content (AvgIpc) is 2.41. The number of carboxylic acids is 1. The van der Waals surface area contributed by atoms with Crippen LogP contribution in [0.3, 0.4) is 0 Å². The molecule has 0 aromatic heterocycles. The summed E-state index contributed by atoms with van der Waals surface area (Å²) in [6.07, 6.45) is 0.101. The van der Waals surface area contributed by atoms with Crippen LogP contribution in [0, 0.1) is 0 Å². The lowest BCUT2D eigenvalue weighted by atomic mass is 10.1. The first kappa shape index (κ1) is 14.8. The van der Waals surface area contributed by atoms with Crippen molar-refractivity contribution in [3.63, 3.8) is 0 Å². The lowest BCUT2D eigenvalue weighted by Crippen LogP contribution is -2.28. The predicted octanol–water partition coefficient (Wildman–Crippen LogP) is 2.25. The van der Waals surface area contributed by atoms with Gasteiger partial charge in [0, 0.05) is 35.6 Å². The molecule has 1 aromatic carbocycles. The molecule has 19 heavy (non-hydrogen) atoms. The molecule has 1 aromatic rings. The molecule has 0 spiro atoms. The van der Waals surface area contributed by atoms with Gasteiger partial charge >= 0.3 is 5.97 Å². The molecule has 0 saturated carbocycles. The standard InChI is InChI=1S/C14H19NO2S2/c16-14(17)7-11-1-3-12(4-2-11)8-15-9-13-10-18-5-6-19-13/h1-4,13,15H,5-10H2,(H,16,17). The van der Waals surface area contributed by atoms with Crippen molar-refractivity contribution < 1.29 is 9.90 Å². The maximum atomic E-state index is 10.6. The first-order valence-corrected chi connectivity index (χ1v) is 8.64. The van der Waals surface area contributed by atoms with Gasteiger partial charge in [0.25, 0.3) is 0 Å². The van der Waals surface area contributed by atoms with E-state index in [1.54, 1.807) is 0 Å². The fraction of sp³-hybridized carbons (Fsp3) is 0.500. The lowest BCUT2D eigenvalue weighted by molar-refractivity contribution is -0.136. The summed E-state index contributed by atoms with van der Waals surface area (Å²) >= 11 is 4.10. The zero-order valence-corrected chi connectivity index (χ0v) is 12.4. The molecule has 1 fully saturated rings. The van der Waals surface area contributed by atoms with Crippen molar-refractivity contribution in [1.29, 1.82) is 0 Å². The zero-order valence-electron chi connectivity index (χ0n) is 10.8. The second-order valence-electron chi connectivity index (χ2n) is 4.59. The number of nitrogens with one attached hydrogen (secondary N) is 1. The molecule has 5 heteroatoms. The van der Waals surface area contributed by atoms with Crippen LogP contribution in [0.1, 0.15) is 11.1 Å². The number of hydrogen-bond donors (Lipinski definition) is 2. The average molecular weight is 297 g/mol. The first-order chi connectivity index (χ1) is 9.24. The summed E-state index contributed by atoms with van der Waals surface area (Å²) in [7, 11) is 0. The number of rotatable bonds is 6. The second-order valence-corrected chi connectivity index (χ2v) is 7.14. The van der Waals surface area contributed by atoms with Gasteiger partial charge in [-0.1, -0.05) is 24.3 Å². The van der Waals surface area contributed by atoms with E-state index < -0.39 is 5.97 Å². The minimum Gasteiger partial charge on any atom is -0.481 e. The SMILES string of the molecule is O=C(O)Cc1ccc(CNCC2CSCCS2)cc1. The van der Waals surface area contributed by atoms with Gasteiger partial charge in [-0.05, 0) is 11.1 Å². The van der Waals surface area contributed by atoms with Gasteiger partial charge in [-0.3, -0.25) is 4.79 Å². The summed E-state index contributed by atoms with van der Waals surface area (Å²) in [4.78, 5) is 10.6. The van der Waals surface area contributed by atoms with Gasteiger partial charge in [0.2, 0.25) is 0 Å². The third-order valence-electron chi connectivity index (χ3n) is 2.96. The zero-order chi connectivity index (χ0) is 13.5. The van der Waals surface area contributed by atoms with E-state index in [2.05, 4.69) is 17.1 Å². The van der Waals surface area contributed by atoms with E-state index in [1.807, 2.05) is 36.0 Å². The van der Waals surface area contributed by atoms with Crippen LogP contribution in [0.25, 0.3) is 0 Å². The molecule has 2 rings (SSSR count). The molecule has 1 aliphatic rings. The topological polar surface area (TPSA) is 49.3 Å². The van der Waals surface area contributed by atoms with Gasteiger partial charge in [0.15, 0.2) is 0 Å². The molecule has 0 aliphatic carbocycles. The minimum absolute atomic E-state index is 0.101. The third kappa shape index (κ3) is 5.47. The van der Waals surface area contributed by atoms with Crippen LogP contribution in [0.5, 0.6) is 0 Å². The Kier molecular flexibility index (Phi) is 6.07. The van der Waals surface area contributed by atoms with E-state index in [4.69, 9.17) is 5.11 Å². The maximum Gasteiger partial charge on any atom is 0.307 e. The van der Waals surface area contributed by atoms with Gasteiger partial charge < -0.3 is 10.4 Å². The van der Waals surface area contributed by atoms with Crippen LogP contribution in [0.2, 0.25) is 0 Å². The van der Waals surface area contributed by atoms with E-state index in [0.717, 1.165) is 23.9 Å². The molecule has 1 saturated heterocycles. The molecule has 1 atom stereocenters. The highest BCUT2D eigenvalue weighted by atomic mass is 32.2. The van der Waals surface area contributed by atoms with Crippen LogP contribution in [0.4, 0.5) is 0 Å². The van der Waals surface area contributed by atoms with Crippen molar-refractivity contribution in [2.45, 2.75) is 18.2 Å². The van der Waals surface area contributed by atoms with Crippen LogP contribution in [0.15, 0.2) is 24.3 Å². The Morgan fingerprint density at radius 3 is 2.63 bits per heavy atom. The van der Waals surface area contributed by atoms with Gasteiger partial charge in [0.05, 0.1) is 6.42 Å². The summed E-state index contributed by atoms with van der Waals surface area (Å²) in [5, 5.41) is 12.9.